The number of hydrogen-bond acceptors (Lipinski definition) is 3. The van der Waals surface area contributed by atoms with Gasteiger partial charge in [0.25, 0.3) is 5.69 Å². The van der Waals surface area contributed by atoms with E-state index in [2.05, 4.69) is 17.2 Å². The molecule has 0 amide bonds. The molecule has 0 aliphatic rings. The molecule has 0 atom stereocenters. The highest BCUT2D eigenvalue weighted by atomic mass is 16.6. The minimum absolute atomic E-state index is 0.0300. The number of benzene rings is 2. The summed E-state index contributed by atoms with van der Waals surface area (Å²) in [5.74, 6) is 5.90. The van der Waals surface area contributed by atoms with Crippen molar-refractivity contribution in [2.24, 2.45) is 0 Å². The van der Waals surface area contributed by atoms with Gasteiger partial charge in [-0.25, -0.2) is 0 Å². The molecule has 0 aromatic heterocycles. The van der Waals surface area contributed by atoms with E-state index in [-0.39, 0.29) is 5.69 Å². The van der Waals surface area contributed by atoms with Crippen LogP contribution >= 0.6 is 0 Å². The number of nitro benzene ring substituents is 1. The standard InChI is InChI=1S/C15H12N2O2/c1-16-14-10-9-13(11-15(14)17(18)19)8-7-12-5-3-2-4-6-12/h2-6,9-11,16H,1H3. The first-order chi connectivity index (χ1) is 9.20. The predicted molar refractivity (Wildman–Crippen MR) is 75.1 cm³/mol. The van der Waals surface area contributed by atoms with E-state index in [0.29, 0.717) is 11.3 Å². The van der Waals surface area contributed by atoms with Crippen LogP contribution in [0.1, 0.15) is 11.1 Å². The van der Waals surface area contributed by atoms with E-state index in [4.69, 9.17) is 0 Å². The molecule has 0 aliphatic heterocycles. The third kappa shape index (κ3) is 3.11. The molecular formula is C15H12N2O2. The van der Waals surface area contributed by atoms with E-state index in [1.807, 2.05) is 30.3 Å². The van der Waals surface area contributed by atoms with E-state index < -0.39 is 4.92 Å². The maximum absolute atomic E-state index is 10.9. The summed E-state index contributed by atoms with van der Waals surface area (Å²) in [5.41, 5.74) is 2.01. The average molecular weight is 252 g/mol. The molecule has 0 saturated heterocycles. The molecule has 2 rings (SSSR count). The fraction of sp³-hybridized carbons (Fsp3) is 0.0667. The van der Waals surface area contributed by atoms with Crippen LogP contribution in [0.5, 0.6) is 0 Å². The van der Waals surface area contributed by atoms with Crippen LogP contribution in [0.4, 0.5) is 11.4 Å². The van der Waals surface area contributed by atoms with Crippen molar-refractivity contribution >= 4 is 11.4 Å². The summed E-state index contributed by atoms with van der Waals surface area (Å²) in [6, 6.07) is 14.4. The van der Waals surface area contributed by atoms with Gasteiger partial charge in [-0.3, -0.25) is 10.1 Å². The number of anilines is 1. The van der Waals surface area contributed by atoms with Crippen LogP contribution in [0.3, 0.4) is 0 Å². The van der Waals surface area contributed by atoms with Crippen molar-refractivity contribution in [2.75, 3.05) is 12.4 Å². The van der Waals surface area contributed by atoms with Gasteiger partial charge in [0.1, 0.15) is 5.69 Å². The van der Waals surface area contributed by atoms with E-state index >= 15 is 0 Å². The Hall–Kier alpha value is -2.80. The molecule has 94 valence electrons. The van der Waals surface area contributed by atoms with Crippen LogP contribution < -0.4 is 5.32 Å². The maximum Gasteiger partial charge on any atom is 0.293 e. The van der Waals surface area contributed by atoms with Gasteiger partial charge in [-0.2, -0.15) is 0 Å². The van der Waals surface area contributed by atoms with Crippen molar-refractivity contribution in [3.05, 3.63) is 69.8 Å². The first kappa shape index (κ1) is 12.7. The summed E-state index contributed by atoms with van der Waals surface area (Å²) in [5, 5.41) is 13.7. The molecule has 4 nitrogen and oxygen atoms in total. The number of nitro groups is 1. The molecule has 19 heavy (non-hydrogen) atoms. The summed E-state index contributed by atoms with van der Waals surface area (Å²) in [7, 11) is 1.65. The van der Waals surface area contributed by atoms with Gasteiger partial charge in [0.15, 0.2) is 0 Å². The summed E-state index contributed by atoms with van der Waals surface area (Å²) < 4.78 is 0. The smallest absolute Gasteiger partial charge is 0.293 e. The van der Waals surface area contributed by atoms with Crippen LogP contribution in [0.25, 0.3) is 0 Å². The minimum Gasteiger partial charge on any atom is -0.383 e. The molecule has 0 saturated carbocycles. The highest BCUT2D eigenvalue weighted by molar-refractivity contribution is 5.64. The van der Waals surface area contributed by atoms with Crippen molar-refractivity contribution < 1.29 is 4.92 Å². The first-order valence-electron chi connectivity index (χ1n) is 5.74. The van der Waals surface area contributed by atoms with Gasteiger partial charge < -0.3 is 5.32 Å². The fourth-order valence-corrected chi connectivity index (χ4v) is 1.64. The zero-order valence-electron chi connectivity index (χ0n) is 10.4. The summed E-state index contributed by atoms with van der Waals surface area (Å²) in [6.07, 6.45) is 0. The average Bonchev–Trinajstić information content (AvgIpc) is 2.46. The largest absolute Gasteiger partial charge is 0.383 e. The van der Waals surface area contributed by atoms with E-state index in [9.17, 15) is 10.1 Å². The van der Waals surface area contributed by atoms with E-state index in [1.54, 1.807) is 19.2 Å². The van der Waals surface area contributed by atoms with E-state index in [0.717, 1.165) is 5.56 Å². The van der Waals surface area contributed by atoms with Crippen LogP contribution in [0.2, 0.25) is 0 Å². The second-order valence-electron chi connectivity index (χ2n) is 3.86. The number of hydrogen-bond donors (Lipinski definition) is 1. The van der Waals surface area contributed by atoms with Crippen LogP contribution in [0.15, 0.2) is 48.5 Å². The quantitative estimate of drug-likeness (QED) is 0.507. The minimum atomic E-state index is -0.417. The van der Waals surface area contributed by atoms with Gasteiger partial charge in [0, 0.05) is 24.2 Å². The molecule has 1 N–H and O–H groups in total. The maximum atomic E-state index is 10.9. The molecule has 0 bridgehead atoms. The fourth-order valence-electron chi connectivity index (χ4n) is 1.64. The molecule has 2 aromatic rings. The Bertz CT molecular complexity index is 655. The lowest BCUT2D eigenvalue weighted by Gasteiger charge is -2.01. The van der Waals surface area contributed by atoms with Gasteiger partial charge in [-0.05, 0) is 24.3 Å². The Balaban J connectivity index is 2.35. The van der Waals surface area contributed by atoms with Crippen LogP contribution in [-0.2, 0) is 0 Å². The van der Waals surface area contributed by atoms with Crippen LogP contribution in [-0.4, -0.2) is 12.0 Å². The van der Waals surface area contributed by atoms with Gasteiger partial charge in [0.2, 0.25) is 0 Å². The number of nitrogens with zero attached hydrogens (tertiary/aromatic N) is 1. The normalized spacial score (nSPS) is 9.32. The number of nitrogens with one attached hydrogen (secondary N) is 1. The second-order valence-corrected chi connectivity index (χ2v) is 3.86. The SMILES string of the molecule is CNc1ccc(C#Cc2ccccc2)cc1[N+](=O)[O-]. The summed E-state index contributed by atoms with van der Waals surface area (Å²) >= 11 is 0. The molecule has 0 aliphatic carbocycles. The van der Waals surface area contributed by atoms with Crippen molar-refractivity contribution in [1.29, 1.82) is 0 Å². The lowest BCUT2D eigenvalue weighted by atomic mass is 10.1. The molecule has 2 aromatic carbocycles. The molecule has 0 radical (unpaired) electrons. The van der Waals surface area contributed by atoms with Crippen LogP contribution in [0, 0.1) is 22.0 Å². The lowest BCUT2D eigenvalue weighted by molar-refractivity contribution is -0.384. The van der Waals surface area contributed by atoms with Gasteiger partial charge in [0.05, 0.1) is 4.92 Å². The molecule has 0 spiro atoms. The monoisotopic (exact) mass is 252 g/mol. The second kappa shape index (κ2) is 5.69. The Morgan fingerprint density at radius 2 is 1.74 bits per heavy atom. The van der Waals surface area contributed by atoms with Gasteiger partial charge in [-0.1, -0.05) is 30.0 Å². The predicted octanol–water partition coefficient (Wildman–Crippen LogP) is 3.04. The third-order valence-electron chi connectivity index (χ3n) is 2.59. The van der Waals surface area contributed by atoms with Crippen molar-refractivity contribution in [2.45, 2.75) is 0 Å². The molecule has 4 heteroatoms. The number of rotatable bonds is 2. The molecule has 0 fully saturated rings. The molecule has 0 unspecified atom stereocenters. The highest BCUT2D eigenvalue weighted by Gasteiger charge is 2.12. The van der Waals surface area contributed by atoms with Crippen molar-refractivity contribution in [3.8, 4) is 11.8 Å². The Morgan fingerprint density at radius 1 is 1.05 bits per heavy atom. The summed E-state index contributed by atoms with van der Waals surface area (Å²) in [4.78, 5) is 10.5. The Labute approximate surface area is 111 Å². The highest BCUT2D eigenvalue weighted by Crippen LogP contribution is 2.24. The van der Waals surface area contributed by atoms with E-state index in [1.165, 1.54) is 6.07 Å². The Morgan fingerprint density at radius 3 is 2.37 bits per heavy atom. The zero-order chi connectivity index (χ0) is 13.7. The van der Waals surface area contributed by atoms with Crippen molar-refractivity contribution in [3.63, 3.8) is 0 Å². The van der Waals surface area contributed by atoms with Crippen molar-refractivity contribution in [1.82, 2.24) is 0 Å². The lowest BCUT2D eigenvalue weighted by Crippen LogP contribution is -1.96. The first-order valence-corrected chi connectivity index (χ1v) is 5.74. The molecular weight excluding hydrogens is 240 g/mol. The topological polar surface area (TPSA) is 55.2 Å². The zero-order valence-corrected chi connectivity index (χ0v) is 10.4. The third-order valence-corrected chi connectivity index (χ3v) is 2.59. The molecule has 0 heterocycles. The summed E-state index contributed by atoms with van der Waals surface area (Å²) in [6.45, 7) is 0. The van der Waals surface area contributed by atoms with Gasteiger partial charge in [-0.15, -0.1) is 0 Å². The Kier molecular flexibility index (Phi) is 3.79. The van der Waals surface area contributed by atoms with Gasteiger partial charge >= 0.3 is 0 Å².